The highest BCUT2D eigenvalue weighted by Crippen LogP contribution is 2.33. The molecule has 2 N–H and O–H groups in total. The molecule has 2 amide bonds. The van der Waals surface area contributed by atoms with Gasteiger partial charge in [-0.25, -0.2) is 23.2 Å². The Balaban J connectivity index is 1.10. The molecule has 3 heterocycles. The lowest BCUT2D eigenvalue weighted by molar-refractivity contribution is 0.119. The van der Waals surface area contributed by atoms with Crippen LogP contribution < -0.4 is 14.8 Å². The molecule has 12 heteroatoms. The predicted octanol–water partition coefficient (Wildman–Crippen LogP) is 4.95. The van der Waals surface area contributed by atoms with Crippen LogP contribution in [0.25, 0.3) is 0 Å². The molecule has 1 saturated heterocycles. The van der Waals surface area contributed by atoms with Gasteiger partial charge in [0.1, 0.15) is 11.6 Å². The van der Waals surface area contributed by atoms with Crippen LogP contribution in [-0.2, 0) is 16.6 Å². The van der Waals surface area contributed by atoms with Gasteiger partial charge in [-0.2, -0.15) is 0 Å². The first kappa shape index (κ1) is 27.2. The van der Waals surface area contributed by atoms with E-state index in [0.29, 0.717) is 34.2 Å². The number of amides is 2. The molecular formula is C27H31ClN6O4S. The van der Waals surface area contributed by atoms with Gasteiger partial charge in [0.25, 0.3) is 0 Å². The molecule has 0 bridgehead atoms. The third kappa shape index (κ3) is 7.81. The summed E-state index contributed by atoms with van der Waals surface area (Å²) in [5, 5.41) is 3.46. The number of piperidine rings is 1. The lowest BCUT2D eigenvalue weighted by atomic mass is 10.0. The average molecular weight is 571 g/mol. The van der Waals surface area contributed by atoms with E-state index < -0.39 is 10.0 Å². The molecule has 1 saturated carbocycles. The van der Waals surface area contributed by atoms with Crippen molar-refractivity contribution in [3.63, 3.8) is 0 Å². The molecule has 0 unspecified atom stereocenters. The highest BCUT2D eigenvalue weighted by molar-refractivity contribution is 7.92. The Labute approximate surface area is 233 Å². The van der Waals surface area contributed by atoms with Crippen molar-refractivity contribution >= 4 is 39.2 Å². The van der Waals surface area contributed by atoms with Gasteiger partial charge in [-0.05, 0) is 67.6 Å². The molecule has 206 valence electrons. The fourth-order valence-electron chi connectivity index (χ4n) is 4.71. The van der Waals surface area contributed by atoms with Crippen LogP contribution in [0.2, 0.25) is 5.02 Å². The van der Waals surface area contributed by atoms with Crippen molar-refractivity contribution < 1.29 is 17.9 Å². The summed E-state index contributed by atoms with van der Waals surface area (Å²) in [6.45, 7) is 2.56. The SMILES string of the molecule is CS(=O)(=O)Nc1ccc(Oc2ccc(CN3CCC(N(C(=O)Nc4ccc(Cl)cn4)C4CC4)CC3)cn2)cc1. The van der Waals surface area contributed by atoms with E-state index in [-0.39, 0.29) is 12.1 Å². The number of hydrogen-bond acceptors (Lipinski definition) is 7. The minimum Gasteiger partial charge on any atom is -0.439 e. The minimum atomic E-state index is -3.32. The summed E-state index contributed by atoms with van der Waals surface area (Å²) >= 11 is 5.91. The average Bonchev–Trinajstić information content (AvgIpc) is 3.73. The van der Waals surface area contributed by atoms with Crippen LogP contribution in [-0.4, -0.2) is 65.6 Å². The Morgan fingerprint density at radius 1 is 1.00 bits per heavy atom. The Morgan fingerprint density at radius 3 is 2.31 bits per heavy atom. The normalized spacial score (nSPS) is 16.5. The fourth-order valence-corrected chi connectivity index (χ4v) is 5.39. The number of carbonyl (C=O) groups is 1. The molecule has 0 atom stereocenters. The van der Waals surface area contributed by atoms with Crippen molar-refractivity contribution in [2.75, 3.05) is 29.4 Å². The van der Waals surface area contributed by atoms with Crippen LogP contribution in [0.4, 0.5) is 16.3 Å². The number of nitrogens with zero attached hydrogens (tertiary/aromatic N) is 4. The van der Waals surface area contributed by atoms with Crippen molar-refractivity contribution in [3.8, 4) is 11.6 Å². The van der Waals surface area contributed by atoms with Crippen molar-refractivity contribution in [1.29, 1.82) is 0 Å². The standard InChI is InChI=1S/C27H31ClN6O4S/c1-39(36,37)32-21-4-8-24(9-5-21)38-26-11-2-19(16-30-26)18-33-14-12-23(13-15-33)34(22-6-7-22)27(35)31-25-10-3-20(28)17-29-25/h2-5,8-11,16-17,22-23,32H,6-7,12-15,18H2,1H3,(H,29,31,35). The Bertz CT molecular complexity index is 1380. The number of hydrogen-bond donors (Lipinski definition) is 2. The molecule has 1 aliphatic heterocycles. The number of anilines is 2. The molecule has 2 fully saturated rings. The Morgan fingerprint density at radius 2 is 1.72 bits per heavy atom. The van der Waals surface area contributed by atoms with E-state index in [4.69, 9.17) is 16.3 Å². The van der Waals surface area contributed by atoms with Gasteiger partial charge in [-0.15, -0.1) is 0 Å². The lowest BCUT2D eigenvalue weighted by Crippen LogP contribution is -2.49. The molecule has 2 aliphatic rings. The molecular weight excluding hydrogens is 540 g/mol. The second kappa shape index (κ2) is 11.8. The molecule has 0 spiro atoms. The second-order valence-electron chi connectivity index (χ2n) is 9.94. The highest BCUT2D eigenvalue weighted by Gasteiger charge is 2.38. The molecule has 39 heavy (non-hydrogen) atoms. The number of sulfonamides is 1. The van der Waals surface area contributed by atoms with Crippen LogP contribution in [0.3, 0.4) is 0 Å². The van der Waals surface area contributed by atoms with E-state index in [0.717, 1.165) is 57.1 Å². The maximum atomic E-state index is 13.1. The van der Waals surface area contributed by atoms with E-state index >= 15 is 0 Å². The number of likely N-dealkylation sites (tertiary alicyclic amines) is 1. The quantitative estimate of drug-likeness (QED) is 0.373. The summed E-state index contributed by atoms with van der Waals surface area (Å²) in [4.78, 5) is 26.1. The van der Waals surface area contributed by atoms with Crippen molar-refractivity contribution in [2.45, 2.75) is 44.3 Å². The molecule has 3 aromatic rings. The zero-order valence-electron chi connectivity index (χ0n) is 21.6. The van der Waals surface area contributed by atoms with E-state index in [9.17, 15) is 13.2 Å². The van der Waals surface area contributed by atoms with Crippen molar-refractivity contribution in [3.05, 3.63) is 71.5 Å². The monoisotopic (exact) mass is 570 g/mol. The molecule has 5 rings (SSSR count). The van der Waals surface area contributed by atoms with Crippen LogP contribution in [0.1, 0.15) is 31.2 Å². The van der Waals surface area contributed by atoms with Gasteiger partial charge in [-0.3, -0.25) is 14.9 Å². The van der Waals surface area contributed by atoms with Gasteiger partial charge in [0.2, 0.25) is 15.9 Å². The minimum absolute atomic E-state index is 0.0909. The summed E-state index contributed by atoms with van der Waals surface area (Å²) in [6.07, 6.45) is 8.36. The van der Waals surface area contributed by atoms with E-state index in [1.54, 1.807) is 36.4 Å². The zero-order valence-corrected chi connectivity index (χ0v) is 23.2. The Hall–Kier alpha value is -3.41. The van der Waals surface area contributed by atoms with Gasteiger partial charge < -0.3 is 9.64 Å². The van der Waals surface area contributed by atoms with Crippen LogP contribution in [0.15, 0.2) is 60.9 Å². The largest absolute Gasteiger partial charge is 0.439 e. The molecule has 1 aromatic carbocycles. The third-order valence-electron chi connectivity index (χ3n) is 6.67. The van der Waals surface area contributed by atoms with Crippen molar-refractivity contribution in [2.24, 2.45) is 0 Å². The van der Waals surface area contributed by atoms with Gasteiger partial charge in [0.05, 0.1) is 11.3 Å². The predicted molar refractivity (Wildman–Crippen MR) is 151 cm³/mol. The zero-order chi connectivity index (χ0) is 27.4. The first-order valence-electron chi connectivity index (χ1n) is 12.9. The molecule has 1 aliphatic carbocycles. The Kier molecular flexibility index (Phi) is 8.20. The third-order valence-corrected chi connectivity index (χ3v) is 7.50. The summed E-state index contributed by atoms with van der Waals surface area (Å²) in [5.74, 6) is 1.53. The van der Waals surface area contributed by atoms with Gasteiger partial charge in [0.15, 0.2) is 0 Å². The first-order valence-corrected chi connectivity index (χ1v) is 15.1. The summed E-state index contributed by atoms with van der Waals surface area (Å²) in [6, 6.07) is 14.3. The first-order chi connectivity index (χ1) is 18.7. The number of carbonyl (C=O) groups excluding carboxylic acids is 1. The number of aromatic nitrogens is 2. The fraction of sp³-hybridized carbons (Fsp3) is 0.370. The number of pyridine rings is 2. The van der Waals surface area contributed by atoms with Crippen LogP contribution in [0, 0.1) is 0 Å². The van der Waals surface area contributed by atoms with Gasteiger partial charge >= 0.3 is 6.03 Å². The molecule has 10 nitrogen and oxygen atoms in total. The highest BCUT2D eigenvalue weighted by atomic mass is 35.5. The topological polar surface area (TPSA) is 117 Å². The number of benzene rings is 1. The number of ether oxygens (including phenoxy) is 1. The summed E-state index contributed by atoms with van der Waals surface area (Å²) in [7, 11) is -3.32. The van der Waals surface area contributed by atoms with E-state index in [2.05, 4.69) is 24.9 Å². The number of halogens is 1. The number of urea groups is 1. The molecule has 2 aromatic heterocycles. The number of rotatable bonds is 9. The van der Waals surface area contributed by atoms with E-state index in [1.807, 2.05) is 23.2 Å². The van der Waals surface area contributed by atoms with Crippen molar-refractivity contribution in [1.82, 2.24) is 19.8 Å². The maximum Gasteiger partial charge on any atom is 0.323 e. The number of nitrogens with one attached hydrogen (secondary N) is 2. The van der Waals surface area contributed by atoms with Gasteiger partial charge in [0, 0.05) is 55.9 Å². The summed E-state index contributed by atoms with van der Waals surface area (Å²) in [5.41, 5.74) is 1.55. The van der Waals surface area contributed by atoms with Crippen LogP contribution in [0.5, 0.6) is 11.6 Å². The smallest absolute Gasteiger partial charge is 0.323 e. The van der Waals surface area contributed by atoms with Gasteiger partial charge in [-0.1, -0.05) is 17.7 Å². The van der Waals surface area contributed by atoms with E-state index in [1.165, 1.54) is 6.20 Å². The summed E-state index contributed by atoms with van der Waals surface area (Å²) < 4.78 is 30.9. The molecule has 0 radical (unpaired) electrons. The van der Waals surface area contributed by atoms with Crippen LogP contribution >= 0.6 is 11.6 Å². The maximum absolute atomic E-state index is 13.1. The lowest BCUT2D eigenvalue weighted by Gasteiger charge is -2.38. The second-order valence-corrected chi connectivity index (χ2v) is 12.1.